The average molecular weight is 456 g/mol. The van der Waals surface area contributed by atoms with Gasteiger partial charge in [0.1, 0.15) is 5.75 Å². The normalized spacial score (nSPS) is 20.6. The third kappa shape index (κ3) is 5.43. The summed E-state index contributed by atoms with van der Waals surface area (Å²) in [6, 6.07) is 14.8. The number of carbonyl (C=O) groups excluding carboxylic acids is 2. The molecule has 6 nitrogen and oxygen atoms in total. The van der Waals surface area contributed by atoms with E-state index >= 15 is 0 Å². The highest BCUT2D eigenvalue weighted by Crippen LogP contribution is 2.31. The number of hydrogen-bond acceptors (Lipinski definition) is 4. The van der Waals surface area contributed by atoms with Crippen molar-refractivity contribution in [2.75, 3.05) is 38.1 Å². The summed E-state index contributed by atoms with van der Waals surface area (Å²) in [5.41, 5.74) is 1.45. The predicted molar refractivity (Wildman–Crippen MR) is 126 cm³/mol. The van der Waals surface area contributed by atoms with Gasteiger partial charge in [0.05, 0.1) is 6.61 Å². The Bertz CT molecular complexity index is 932. The van der Waals surface area contributed by atoms with Gasteiger partial charge in [-0.15, -0.1) is 0 Å². The molecule has 0 spiro atoms. The molecule has 4 rings (SSSR count). The van der Waals surface area contributed by atoms with Crippen molar-refractivity contribution < 1.29 is 14.3 Å². The number of hydrogen-bond donors (Lipinski definition) is 1. The Labute approximate surface area is 194 Å². The molecule has 0 unspecified atom stereocenters. The lowest BCUT2D eigenvalue weighted by Gasteiger charge is -2.36. The molecule has 2 aromatic rings. The van der Waals surface area contributed by atoms with E-state index in [9.17, 15) is 9.59 Å². The summed E-state index contributed by atoms with van der Waals surface area (Å²) in [6.07, 6.45) is 2.66. The predicted octanol–water partition coefficient (Wildman–Crippen LogP) is 4.30. The topological polar surface area (TPSA) is 61.9 Å². The number of fused-ring (bicyclic) bond motifs is 1. The second kappa shape index (κ2) is 10.4. The molecule has 2 aliphatic heterocycles. The van der Waals surface area contributed by atoms with Crippen molar-refractivity contribution in [2.24, 2.45) is 5.92 Å². The fourth-order valence-electron chi connectivity index (χ4n) is 4.76. The first-order valence-electron chi connectivity index (χ1n) is 11.3. The average Bonchev–Trinajstić information content (AvgIpc) is 3.24. The molecule has 2 aromatic carbocycles. The molecule has 32 heavy (non-hydrogen) atoms. The van der Waals surface area contributed by atoms with E-state index < -0.39 is 0 Å². The van der Waals surface area contributed by atoms with Gasteiger partial charge in [-0.25, -0.2) is 0 Å². The number of ether oxygens (including phenoxy) is 1. The quantitative estimate of drug-likeness (QED) is 0.676. The highest BCUT2D eigenvalue weighted by atomic mass is 35.5. The Kier molecular flexibility index (Phi) is 7.33. The first kappa shape index (κ1) is 22.6. The van der Waals surface area contributed by atoms with Crippen LogP contribution in [0.3, 0.4) is 0 Å². The van der Waals surface area contributed by atoms with E-state index in [1.807, 2.05) is 36.1 Å². The lowest BCUT2D eigenvalue weighted by atomic mass is 9.92. The number of anilines is 1. The summed E-state index contributed by atoms with van der Waals surface area (Å²) in [7, 11) is 0. The number of rotatable bonds is 7. The van der Waals surface area contributed by atoms with Gasteiger partial charge in [0.2, 0.25) is 5.91 Å². The van der Waals surface area contributed by atoms with Crippen molar-refractivity contribution in [3.8, 4) is 5.75 Å². The molecule has 7 heteroatoms. The number of benzene rings is 2. The van der Waals surface area contributed by atoms with Crippen LogP contribution < -0.4 is 10.1 Å². The molecule has 2 fully saturated rings. The van der Waals surface area contributed by atoms with Crippen molar-refractivity contribution in [2.45, 2.75) is 32.2 Å². The zero-order chi connectivity index (χ0) is 22.5. The van der Waals surface area contributed by atoms with Gasteiger partial charge in [0.15, 0.2) is 0 Å². The molecule has 0 aromatic heterocycles. The molecule has 2 aliphatic rings. The van der Waals surface area contributed by atoms with E-state index in [-0.39, 0.29) is 11.8 Å². The Morgan fingerprint density at radius 3 is 2.56 bits per heavy atom. The fourth-order valence-corrected chi connectivity index (χ4v) is 4.89. The van der Waals surface area contributed by atoms with Crippen LogP contribution in [0.5, 0.6) is 5.75 Å². The summed E-state index contributed by atoms with van der Waals surface area (Å²) in [5, 5.41) is 3.58. The minimum absolute atomic E-state index is 0.00485. The van der Waals surface area contributed by atoms with Crippen LogP contribution in [0.2, 0.25) is 5.02 Å². The third-order valence-electron chi connectivity index (χ3n) is 6.35. The van der Waals surface area contributed by atoms with Gasteiger partial charge in [-0.05, 0) is 80.8 Å². The highest BCUT2D eigenvalue weighted by molar-refractivity contribution is 6.30. The molecule has 2 saturated heterocycles. The Hall–Kier alpha value is -2.57. The molecule has 170 valence electrons. The summed E-state index contributed by atoms with van der Waals surface area (Å²) in [5.74, 6) is 1.31. The van der Waals surface area contributed by atoms with Crippen molar-refractivity contribution in [1.29, 1.82) is 0 Å². The smallest absolute Gasteiger partial charge is 0.253 e. The largest absolute Gasteiger partial charge is 0.494 e. The van der Waals surface area contributed by atoms with Gasteiger partial charge in [-0.3, -0.25) is 14.5 Å². The van der Waals surface area contributed by atoms with Crippen LogP contribution in [-0.2, 0) is 4.79 Å². The molecule has 0 radical (unpaired) electrons. The standard InChI is InChI=1S/C25H30ClN3O3/c1-2-32-22-11-5-18(6-12-22)25(31)29-16-19-4-3-14-28(23(19)17-29)15-13-24(30)27-21-9-7-20(26)8-10-21/h5-12,19,23H,2-4,13-17H2,1H3,(H,27,30)/t19-,23+/m1/s1. The maximum Gasteiger partial charge on any atom is 0.253 e. The Morgan fingerprint density at radius 1 is 1.09 bits per heavy atom. The first-order valence-corrected chi connectivity index (χ1v) is 11.7. The van der Waals surface area contributed by atoms with E-state index in [2.05, 4.69) is 10.2 Å². The molecule has 0 bridgehead atoms. The molecule has 1 N–H and O–H groups in total. The number of nitrogens with one attached hydrogen (secondary N) is 1. The van der Waals surface area contributed by atoms with Crippen LogP contribution in [-0.4, -0.2) is 60.4 Å². The van der Waals surface area contributed by atoms with Crippen LogP contribution in [0.15, 0.2) is 48.5 Å². The first-order chi connectivity index (χ1) is 15.5. The van der Waals surface area contributed by atoms with Gasteiger partial charge in [-0.2, -0.15) is 0 Å². The maximum atomic E-state index is 13.1. The van der Waals surface area contributed by atoms with Crippen molar-refractivity contribution in [1.82, 2.24) is 9.80 Å². The van der Waals surface area contributed by atoms with Crippen LogP contribution in [0, 0.1) is 5.92 Å². The minimum Gasteiger partial charge on any atom is -0.494 e. The molecule has 0 aliphatic carbocycles. The second-order valence-corrected chi connectivity index (χ2v) is 8.91. The van der Waals surface area contributed by atoms with Gasteiger partial charge >= 0.3 is 0 Å². The summed E-state index contributed by atoms with van der Waals surface area (Å²) in [4.78, 5) is 29.8. The molecule has 2 heterocycles. The monoisotopic (exact) mass is 455 g/mol. The van der Waals surface area contributed by atoms with E-state index in [4.69, 9.17) is 16.3 Å². The number of likely N-dealkylation sites (tertiary alicyclic amines) is 2. The Morgan fingerprint density at radius 2 is 1.84 bits per heavy atom. The number of amides is 2. The number of carbonyl (C=O) groups is 2. The van der Waals surface area contributed by atoms with Crippen molar-refractivity contribution >= 4 is 29.1 Å². The highest BCUT2D eigenvalue weighted by Gasteiger charge is 2.40. The van der Waals surface area contributed by atoms with Crippen molar-refractivity contribution in [3.63, 3.8) is 0 Å². The van der Waals surface area contributed by atoms with E-state index in [1.54, 1.807) is 24.3 Å². The SMILES string of the molecule is CCOc1ccc(C(=O)N2C[C@H]3CCCN(CCC(=O)Nc4ccc(Cl)cc4)[C@H]3C2)cc1. The number of piperidine rings is 1. The summed E-state index contributed by atoms with van der Waals surface area (Å²) in [6.45, 7) is 5.72. The zero-order valence-electron chi connectivity index (χ0n) is 18.4. The minimum atomic E-state index is -0.00485. The van der Waals surface area contributed by atoms with E-state index in [0.29, 0.717) is 42.1 Å². The van der Waals surface area contributed by atoms with Crippen LogP contribution in [0.25, 0.3) is 0 Å². The maximum absolute atomic E-state index is 13.1. The fraction of sp³-hybridized carbons (Fsp3) is 0.440. The van der Waals surface area contributed by atoms with Crippen LogP contribution in [0.1, 0.15) is 36.5 Å². The van der Waals surface area contributed by atoms with Gasteiger partial charge in [-0.1, -0.05) is 11.6 Å². The Balaban J connectivity index is 1.32. The van der Waals surface area contributed by atoms with Gasteiger partial charge < -0.3 is 15.0 Å². The molecule has 2 atom stereocenters. The second-order valence-electron chi connectivity index (χ2n) is 8.48. The number of halogens is 1. The number of nitrogens with zero attached hydrogens (tertiary/aromatic N) is 2. The summed E-state index contributed by atoms with van der Waals surface area (Å²) >= 11 is 5.90. The molecular formula is C25H30ClN3O3. The van der Waals surface area contributed by atoms with Gasteiger partial charge in [0, 0.05) is 48.4 Å². The molecular weight excluding hydrogens is 426 g/mol. The third-order valence-corrected chi connectivity index (χ3v) is 6.60. The lowest BCUT2D eigenvalue weighted by Crippen LogP contribution is -2.46. The van der Waals surface area contributed by atoms with E-state index in [1.165, 1.54) is 0 Å². The van der Waals surface area contributed by atoms with Crippen molar-refractivity contribution in [3.05, 3.63) is 59.1 Å². The van der Waals surface area contributed by atoms with E-state index in [0.717, 1.165) is 43.9 Å². The van der Waals surface area contributed by atoms with Gasteiger partial charge in [0.25, 0.3) is 5.91 Å². The molecule has 0 saturated carbocycles. The lowest BCUT2D eigenvalue weighted by molar-refractivity contribution is -0.116. The van der Waals surface area contributed by atoms with Crippen LogP contribution >= 0.6 is 11.6 Å². The zero-order valence-corrected chi connectivity index (χ0v) is 19.2. The molecule has 2 amide bonds. The van der Waals surface area contributed by atoms with Crippen LogP contribution in [0.4, 0.5) is 5.69 Å². The summed E-state index contributed by atoms with van der Waals surface area (Å²) < 4.78 is 5.48.